The largest absolute Gasteiger partial charge is 0.355 e. The average Bonchev–Trinajstić information content (AvgIpc) is 3.05. The fourth-order valence-electron chi connectivity index (χ4n) is 2.05. The van der Waals surface area contributed by atoms with E-state index in [4.69, 9.17) is 27.7 Å². The fourth-order valence-corrected chi connectivity index (χ4v) is 2.53. The molecule has 0 aliphatic carbocycles. The number of rotatable bonds is 4. The topological polar surface area (TPSA) is 55.1 Å². The summed E-state index contributed by atoms with van der Waals surface area (Å²) in [5.74, 6) is 0.210. The van der Waals surface area contributed by atoms with E-state index >= 15 is 0 Å². The van der Waals surface area contributed by atoms with E-state index in [1.165, 1.54) is 0 Å². The molecule has 4 nitrogen and oxygen atoms in total. The van der Waals surface area contributed by atoms with Crippen LogP contribution in [0.25, 0.3) is 11.3 Å². The van der Waals surface area contributed by atoms with Gasteiger partial charge in [-0.05, 0) is 17.7 Å². The lowest BCUT2D eigenvalue weighted by Gasteiger charge is -2.05. The van der Waals surface area contributed by atoms with Crippen LogP contribution in [0.15, 0.2) is 59.1 Å². The van der Waals surface area contributed by atoms with Gasteiger partial charge in [-0.15, -0.1) is 0 Å². The Balaban J connectivity index is 1.68. The zero-order valence-corrected chi connectivity index (χ0v) is 13.4. The normalized spacial score (nSPS) is 10.5. The number of aromatic nitrogens is 1. The number of nitrogens with zero attached hydrogens (tertiary/aromatic N) is 1. The molecule has 23 heavy (non-hydrogen) atoms. The van der Waals surface area contributed by atoms with Crippen molar-refractivity contribution < 1.29 is 9.32 Å². The average molecular weight is 347 g/mol. The van der Waals surface area contributed by atoms with E-state index in [9.17, 15) is 4.79 Å². The zero-order valence-electron chi connectivity index (χ0n) is 11.9. The summed E-state index contributed by atoms with van der Waals surface area (Å²) in [6.45, 7) is 0.280. The molecule has 116 valence electrons. The molecule has 1 heterocycles. The molecule has 0 saturated heterocycles. The molecule has 1 aromatic heterocycles. The molecule has 0 aliphatic rings. The molecular weight excluding hydrogens is 335 g/mol. The number of hydrogen-bond donors (Lipinski definition) is 1. The monoisotopic (exact) mass is 346 g/mol. The molecule has 0 aliphatic heterocycles. The van der Waals surface area contributed by atoms with Crippen molar-refractivity contribution >= 4 is 29.1 Å². The maximum Gasteiger partial charge on any atom is 0.273 e. The number of hydrogen-bond acceptors (Lipinski definition) is 3. The van der Waals surface area contributed by atoms with Crippen LogP contribution in [0.1, 0.15) is 16.1 Å². The summed E-state index contributed by atoms with van der Waals surface area (Å²) in [7, 11) is 0. The Morgan fingerprint density at radius 2 is 1.87 bits per heavy atom. The predicted octanol–water partition coefficient (Wildman–Crippen LogP) is 4.58. The minimum atomic E-state index is -0.332. The van der Waals surface area contributed by atoms with E-state index in [-0.39, 0.29) is 18.1 Å². The molecule has 0 saturated carbocycles. The van der Waals surface area contributed by atoms with Crippen LogP contribution in [0.5, 0.6) is 0 Å². The van der Waals surface area contributed by atoms with Crippen LogP contribution >= 0.6 is 23.2 Å². The number of halogens is 2. The quantitative estimate of drug-likeness (QED) is 0.752. The third kappa shape index (κ3) is 3.73. The van der Waals surface area contributed by atoms with Gasteiger partial charge < -0.3 is 9.84 Å². The van der Waals surface area contributed by atoms with Crippen LogP contribution in [0, 0.1) is 0 Å². The second kappa shape index (κ2) is 6.86. The molecule has 1 amide bonds. The molecule has 0 radical (unpaired) electrons. The van der Waals surface area contributed by atoms with E-state index in [0.717, 1.165) is 11.1 Å². The maximum absolute atomic E-state index is 12.1. The fraction of sp³-hybridized carbons (Fsp3) is 0.0588. The highest BCUT2D eigenvalue weighted by molar-refractivity contribution is 6.35. The van der Waals surface area contributed by atoms with E-state index in [1.54, 1.807) is 24.3 Å². The summed E-state index contributed by atoms with van der Waals surface area (Å²) >= 11 is 11.9. The summed E-state index contributed by atoms with van der Waals surface area (Å²) < 4.78 is 5.21. The second-order valence-electron chi connectivity index (χ2n) is 4.86. The summed E-state index contributed by atoms with van der Waals surface area (Å²) in [5, 5.41) is 7.60. The first kappa shape index (κ1) is 15.6. The van der Waals surface area contributed by atoms with Gasteiger partial charge in [0.2, 0.25) is 0 Å². The summed E-state index contributed by atoms with van der Waals surface area (Å²) in [5.41, 5.74) is 1.85. The van der Waals surface area contributed by atoms with Crippen LogP contribution < -0.4 is 5.32 Å². The van der Waals surface area contributed by atoms with Gasteiger partial charge in [0.15, 0.2) is 11.5 Å². The van der Waals surface area contributed by atoms with Gasteiger partial charge in [0, 0.05) is 28.2 Å². The van der Waals surface area contributed by atoms with Crippen LogP contribution in [0.2, 0.25) is 10.0 Å². The Kier molecular flexibility index (Phi) is 4.65. The zero-order chi connectivity index (χ0) is 16.2. The first-order chi connectivity index (χ1) is 11.1. The Labute approximate surface area is 143 Å². The molecule has 0 unspecified atom stereocenters. The van der Waals surface area contributed by atoms with Crippen molar-refractivity contribution in [1.82, 2.24) is 10.5 Å². The molecule has 3 aromatic rings. The first-order valence-corrected chi connectivity index (χ1v) is 7.63. The van der Waals surface area contributed by atoms with Crippen molar-refractivity contribution in [3.63, 3.8) is 0 Å². The van der Waals surface area contributed by atoms with E-state index < -0.39 is 0 Å². The predicted molar refractivity (Wildman–Crippen MR) is 89.6 cm³/mol. The van der Waals surface area contributed by atoms with E-state index in [2.05, 4.69) is 10.5 Å². The van der Waals surface area contributed by atoms with Crippen molar-refractivity contribution in [3.8, 4) is 11.3 Å². The van der Waals surface area contributed by atoms with Gasteiger partial charge in [0.25, 0.3) is 5.91 Å². The van der Waals surface area contributed by atoms with Crippen LogP contribution in [0.3, 0.4) is 0 Å². The summed E-state index contributed by atoms with van der Waals surface area (Å²) in [6, 6.07) is 16.2. The van der Waals surface area contributed by atoms with Gasteiger partial charge in [-0.2, -0.15) is 0 Å². The first-order valence-electron chi connectivity index (χ1n) is 6.88. The highest BCUT2D eigenvalue weighted by atomic mass is 35.5. The summed E-state index contributed by atoms with van der Waals surface area (Å²) in [6.07, 6.45) is 0. The highest BCUT2D eigenvalue weighted by Gasteiger charge is 2.13. The van der Waals surface area contributed by atoms with E-state index in [0.29, 0.717) is 15.8 Å². The molecule has 6 heteroatoms. The Morgan fingerprint density at radius 1 is 1.09 bits per heavy atom. The number of carbonyl (C=O) groups excluding carboxylic acids is 1. The van der Waals surface area contributed by atoms with Crippen LogP contribution in [-0.2, 0) is 6.54 Å². The smallest absolute Gasteiger partial charge is 0.273 e. The summed E-state index contributed by atoms with van der Waals surface area (Å²) in [4.78, 5) is 12.1. The number of carbonyl (C=O) groups is 1. The van der Waals surface area contributed by atoms with Crippen molar-refractivity contribution in [2.24, 2.45) is 0 Å². The molecule has 0 bridgehead atoms. The minimum absolute atomic E-state index is 0.217. The Morgan fingerprint density at radius 3 is 2.61 bits per heavy atom. The second-order valence-corrected chi connectivity index (χ2v) is 5.70. The molecule has 0 atom stereocenters. The Bertz CT molecular complexity index is 832. The lowest BCUT2D eigenvalue weighted by molar-refractivity contribution is 0.0942. The maximum atomic E-state index is 12.1. The van der Waals surface area contributed by atoms with Gasteiger partial charge in [-0.25, -0.2) is 0 Å². The van der Waals surface area contributed by atoms with E-state index in [1.807, 2.05) is 30.3 Å². The van der Waals surface area contributed by atoms with Crippen molar-refractivity contribution in [1.29, 1.82) is 0 Å². The van der Waals surface area contributed by atoms with Crippen LogP contribution in [-0.4, -0.2) is 11.1 Å². The molecule has 0 fully saturated rings. The SMILES string of the molecule is O=C(NCc1ccc(Cl)cc1Cl)c1cc(-c2ccccc2)on1. The van der Waals surface area contributed by atoms with Gasteiger partial charge >= 0.3 is 0 Å². The molecule has 2 aromatic carbocycles. The lowest BCUT2D eigenvalue weighted by Crippen LogP contribution is -2.23. The number of benzene rings is 2. The minimum Gasteiger partial charge on any atom is -0.355 e. The van der Waals surface area contributed by atoms with Gasteiger partial charge in [0.1, 0.15) is 0 Å². The van der Waals surface area contributed by atoms with Crippen molar-refractivity contribution in [2.75, 3.05) is 0 Å². The number of nitrogens with one attached hydrogen (secondary N) is 1. The molecular formula is C17H12Cl2N2O2. The van der Waals surface area contributed by atoms with Gasteiger partial charge in [0.05, 0.1) is 0 Å². The molecule has 0 spiro atoms. The van der Waals surface area contributed by atoms with Gasteiger partial charge in [-0.1, -0.05) is 64.8 Å². The standard InChI is InChI=1S/C17H12Cl2N2O2/c18-13-7-6-12(14(19)8-13)10-20-17(22)15-9-16(23-21-15)11-4-2-1-3-5-11/h1-9H,10H2,(H,20,22). The number of amides is 1. The van der Waals surface area contributed by atoms with Crippen LogP contribution in [0.4, 0.5) is 0 Å². The third-order valence-corrected chi connectivity index (χ3v) is 3.84. The Hall–Kier alpha value is -2.30. The molecule has 1 N–H and O–H groups in total. The highest BCUT2D eigenvalue weighted by Crippen LogP contribution is 2.22. The molecule has 3 rings (SSSR count). The lowest BCUT2D eigenvalue weighted by atomic mass is 10.1. The van der Waals surface area contributed by atoms with Crippen molar-refractivity contribution in [2.45, 2.75) is 6.54 Å². The third-order valence-electron chi connectivity index (χ3n) is 3.26. The van der Waals surface area contributed by atoms with Crippen molar-refractivity contribution in [3.05, 3.63) is 75.9 Å². The van der Waals surface area contributed by atoms with Gasteiger partial charge in [-0.3, -0.25) is 4.79 Å².